The lowest BCUT2D eigenvalue weighted by atomic mass is 10.2. The maximum atomic E-state index is 12.4. The maximum absolute atomic E-state index is 12.4. The first-order valence-electron chi connectivity index (χ1n) is 8.27. The van der Waals surface area contributed by atoms with Gasteiger partial charge in [0.1, 0.15) is 6.54 Å². The SMILES string of the molecule is COC(=O)Cn1c(=NC(=O)/C=C/c2ccccc2Cl)sc2ccc(Cl)c(C)c21. The van der Waals surface area contributed by atoms with Crippen LogP contribution in [0.3, 0.4) is 0 Å². The Morgan fingerprint density at radius 3 is 2.64 bits per heavy atom. The highest BCUT2D eigenvalue weighted by Gasteiger charge is 2.14. The van der Waals surface area contributed by atoms with E-state index >= 15 is 0 Å². The fourth-order valence-corrected chi connectivity index (χ4v) is 4.09. The fraction of sp³-hybridized carbons (Fsp3) is 0.150. The number of benzene rings is 2. The van der Waals surface area contributed by atoms with E-state index < -0.39 is 11.9 Å². The molecule has 0 unspecified atom stereocenters. The molecule has 0 aliphatic carbocycles. The van der Waals surface area contributed by atoms with Crippen molar-refractivity contribution >= 4 is 62.7 Å². The first-order chi connectivity index (χ1) is 13.4. The third-order valence-corrected chi connectivity index (χ3v) is 5.86. The van der Waals surface area contributed by atoms with Gasteiger partial charge >= 0.3 is 5.97 Å². The number of esters is 1. The van der Waals surface area contributed by atoms with Gasteiger partial charge in [-0.05, 0) is 42.3 Å². The largest absolute Gasteiger partial charge is 0.468 e. The van der Waals surface area contributed by atoms with E-state index in [4.69, 9.17) is 27.9 Å². The Hall–Kier alpha value is -2.41. The van der Waals surface area contributed by atoms with Gasteiger partial charge in [0.2, 0.25) is 0 Å². The zero-order chi connectivity index (χ0) is 20.3. The number of aryl methyl sites for hydroxylation is 1. The highest BCUT2D eigenvalue weighted by atomic mass is 35.5. The number of carbonyl (C=O) groups excluding carboxylic acids is 2. The van der Waals surface area contributed by atoms with Gasteiger partial charge in [-0.25, -0.2) is 0 Å². The molecule has 0 aliphatic rings. The lowest BCUT2D eigenvalue weighted by Crippen LogP contribution is -2.22. The fourth-order valence-electron chi connectivity index (χ4n) is 2.64. The average Bonchev–Trinajstić information content (AvgIpc) is 3.01. The van der Waals surface area contributed by atoms with E-state index in [2.05, 4.69) is 4.99 Å². The molecule has 5 nitrogen and oxygen atoms in total. The molecule has 0 atom stereocenters. The minimum atomic E-state index is -0.464. The van der Waals surface area contributed by atoms with Crippen molar-refractivity contribution in [2.24, 2.45) is 4.99 Å². The zero-order valence-electron chi connectivity index (χ0n) is 15.1. The number of fused-ring (bicyclic) bond motifs is 1. The van der Waals surface area contributed by atoms with E-state index in [9.17, 15) is 9.59 Å². The molecule has 0 aliphatic heterocycles. The van der Waals surface area contributed by atoms with E-state index in [0.717, 1.165) is 15.8 Å². The Balaban J connectivity index is 2.07. The quantitative estimate of drug-likeness (QED) is 0.444. The summed E-state index contributed by atoms with van der Waals surface area (Å²) >= 11 is 13.6. The van der Waals surface area contributed by atoms with Crippen molar-refractivity contribution in [2.45, 2.75) is 13.5 Å². The topological polar surface area (TPSA) is 60.7 Å². The number of aromatic nitrogens is 1. The zero-order valence-corrected chi connectivity index (χ0v) is 17.4. The van der Waals surface area contributed by atoms with Crippen LogP contribution in [0.4, 0.5) is 0 Å². The first kappa shape index (κ1) is 20.3. The average molecular weight is 435 g/mol. The monoisotopic (exact) mass is 434 g/mol. The van der Waals surface area contributed by atoms with Crippen molar-refractivity contribution in [2.75, 3.05) is 7.11 Å². The second kappa shape index (κ2) is 8.73. The van der Waals surface area contributed by atoms with Gasteiger partial charge in [0.05, 0.1) is 17.3 Å². The summed E-state index contributed by atoms with van der Waals surface area (Å²) in [5.74, 6) is -0.909. The van der Waals surface area contributed by atoms with Gasteiger partial charge in [-0.15, -0.1) is 0 Å². The summed E-state index contributed by atoms with van der Waals surface area (Å²) in [6, 6.07) is 10.8. The lowest BCUT2D eigenvalue weighted by molar-refractivity contribution is -0.141. The van der Waals surface area contributed by atoms with Crippen molar-refractivity contribution in [3.05, 3.63) is 68.4 Å². The van der Waals surface area contributed by atoms with Crippen LogP contribution in [0.5, 0.6) is 0 Å². The van der Waals surface area contributed by atoms with E-state index in [-0.39, 0.29) is 6.54 Å². The highest BCUT2D eigenvalue weighted by Crippen LogP contribution is 2.27. The molecule has 28 heavy (non-hydrogen) atoms. The van der Waals surface area contributed by atoms with Crippen LogP contribution in [0.15, 0.2) is 47.5 Å². The predicted octanol–water partition coefficient (Wildman–Crippen LogP) is 4.63. The summed E-state index contributed by atoms with van der Waals surface area (Å²) in [4.78, 5) is 28.8. The number of amides is 1. The molecule has 3 rings (SSSR count). The number of thiazole rings is 1. The maximum Gasteiger partial charge on any atom is 0.325 e. The molecular weight excluding hydrogens is 419 g/mol. The number of hydrogen-bond acceptors (Lipinski definition) is 4. The van der Waals surface area contributed by atoms with Crippen molar-refractivity contribution in [3.8, 4) is 0 Å². The van der Waals surface area contributed by atoms with Gasteiger partial charge in [0.15, 0.2) is 4.80 Å². The standard InChI is InChI=1S/C20H16Cl2N2O3S/c1-12-14(21)8-9-16-19(12)24(11-18(26)27-2)20(28-16)23-17(25)10-7-13-5-3-4-6-15(13)22/h3-10H,11H2,1-2H3/b10-7+,23-20?. The molecule has 8 heteroatoms. The van der Waals surface area contributed by atoms with Crippen LogP contribution < -0.4 is 4.80 Å². The Morgan fingerprint density at radius 1 is 1.18 bits per heavy atom. The molecule has 0 N–H and O–H groups in total. The van der Waals surface area contributed by atoms with E-state index in [1.165, 1.54) is 24.5 Å². The molecule has 0 fully saturated rings. The highest BCUT2D eigenvalue weighted by molar-refractivity contribution is 7.16. The molecule has 0 saturated carbocycles. The third kappa shape index (κ3) is 4.35. The second-order valence-electron chi connectivity index (χ2n) is 5.87. The van der Waals surface area contributed by atoms with Crippen LogP contribution in [-0.4, -0.2) is 23.6 Å². The molecule has 0 radical (unpaired) electrons. The smallest absolute Gasteiger partial charge is 0.325 e. The normalized spacial score (nSPS) is 12.1. The summed E-state index contributed by atoms with van der Waals surface area (Å²) in [6.45, 7) is 1.78. The van der Waals surface area contributed by atoms with E-state index in [1.807, 2.05) is 25.1 Å². The van der Waals surface area contributed by atoms with Crippen LogP contribution in [0.1, 0.15) is 11.1 Å². The van der Waals surface area contributed by atoms with Gasteiger partial charge in [-0.2, -0.15) is 4.99 Å². The van der Waals surface area contributed by atoms with Crippen molar-refractivity contribution in [3.63, 3.8) is 0 Å². The third-order valence-electron chi connectivity index (χ3n) is 4.06. The second-order valence-corrected chi connectivity index (χ2v) is 7.69. The minimum absolute atomic E-state index is 0.0714. The Labute approximate surface area is 175 Å². The van der Waals surface area contributed by atoms with E-state index in [0.29, 0.717) is 20.4 Å². The molecule has 144 valence electrons. The molecule has 1 heterocycles. The van der Waals surface area contributed by atoms with Crippen molar-refractivity contribution < 1.29 is 14.3 Å². The van der Waals surface area contributed by atoms with Gasteiger partial charge in [-0.3, -0.25) is 9.59 Å². The van der Waals surface area contributed by atoms with Crippen LogP contribution in [0.2, 0.25) is 10.0 Å². The molecule has 0 bridgehead atoms. The number of carbonyl (C=O) groups is 2. The number of rotatable bonds is 4. The number of methoxy groups -OCH3 is 1. The van der Waals surface area contributed by atoms with Crippen molar-refractivity contribution in [1.29, 1.82) is 0 Å². The van der Waals surface area contributed by atoms with Crippen LogP contribution in [0.25, 0.3) is 16.3 Å². The summed E-state index contributed by atoms with van der Waals surface area (Å²) in [6.07, 6.45) is 2.95. The van der Waals surface area contributed by atoms with Gasteiger partial charge in [0, 0.05) is 16.1 Å². The van der Waals surface area contributed by atoms with Gasteiger partial charge in [-0.1, -0.05) is 52.7 Å². The lowest BCUT2D eigenvalue weighted by Gasteiger charge is -2.06. The van der Waals surface area contributed by atoms with Crippen LogP contribution in [-0.2, 0) is 20.9 Å². The molecule has 2 aromatic carbocycles. The van der Waals surface area contributed by atoms with E-state index in [1.54, 1.807) is 28.8 Å². The van der Waals surface area contributed by atoms with Crippen molar-refractivity contribution in [1.82, 2.24) is 4.57 Å². The molecule has 1 amide bonds. The number of nitrogens with zero attached hydrogens (tertiary/aromatic N) is 2. The molecule has 1 aromatic heterocycles. The Bertz CT molecular complexity index is 1160. The molecular formula is C20H16Cl2N2O3S. The molecule has 3 aromatic rings. The minimum Gasteiger partial charge on any atom is -0.468 e. The summed E-state index contributed by atoms with van der Waals surface area (Å²) in [7, 11) is 1.31. The number of hydrogen-bond donors (Lipinski definition) is 0. The molecule has 0 spiro atoms. The summed E-state index contributed by atoms with van der Waals surface area (Å²) in [5.41, 5.74) is 2.28. The Kier molecular flexibility index (Phi) is 6.34. The number of ether oxygens (including phenoxy) is 1. The van der Waals surface area contributed by atoms with Gasteiger partial charge < -0.3 is 9.30 Å². The molecule has 0 saturated heterocycles. The van der Waals surface area contributed by atoms with Gasteiger partial charge in [0.25, 0.3) is 5.91 Å². The summed E-state index contributed by atoms with van der Waals surface area (Å²) in [5, 5.41) is 1.11. The summed E-state index contributed by atoms with van der Waals surface area (Å²) < 4.78 is 7.29. The van der Waals surface area contributed by atoms with Crippen LogP contribution in [0, 0.1) is 6.92 Å². The van der Waals surface area contributed by atoms with Crippen LogP contribution >= 0.6 is 34.5 Å². The Morgan fingerprint density at radius 2 is 1.93 bits per heavy atom. The predicted molar refractivity (Wildman–Crippen MR) is 113 cm³/mol. The number of halogens is 2. The first-order valence-corrected chi connectivity index (χ1v) is 9.84.